The fourth-order valence-corrected chi connectivity index (χ4v) is 2.45. The zero-order chi connectivity index (χ0) is 14.2. The molecule has 106 valence electrons. The minimum atomic E-state index is -0.834. The SMILES string of the molecule is CC[C@H]1[C@H](O)[C@@H](CO)O[C@H]1n1cc(C)c(=O)[nH]c1=O. The van der Waals surface area contributed by atoms with Crippen molar-refractivity contribution >= 4 is 0 Å². The first-order chi connectivity index (χ1) is 8.99. The van der Waals surface area contributed by atoms with Gasteiger partial charge in [0, 0.05) is 17.7 Å². The van der Waals surface area contributed by atoms with Crippen molar-refractivity contribution < 1.29 is 14.9 Å². The summed E-state index contributed by atoms with van der Waals surface area (Å²) < 4.78 is 6.80. The molecule has 19 heavy (non-hydrogen) atoms. The topological polar surface area (TPSA) is 105 Å². The molecule has 0 spiro atoms. The largest absolute Gasteiger partial charge is 0.394 e. The maximum absolute atomic E-state index is 11.8. The summed E-state index contributed by atoms with van der Waals surface area (Å²) in [5, 5.41) is 19.2. The number of H-pyrrole nitrogens is 1. The van der Waals surface area contributed by atoms with Crippen molar-refractivity contribution in [3.05, 3.63) is 32.6 Å². The van der Waals surface area contributed by atoms with Crippen LogP contribution in [-0.2, 0) is 4.74 Å². The Morgan fingerprint density at radius 1 is 1.47 bits per heavy atom. The van der Waals surface area contributed by atoms with Crippen molar-refractivity contribution in [1.82, 2.24) is 9.55 Å². The van der Waals surface area contributed by atoms with E-state index in [1.807, 2.05) is 6.92 Å². The third-order valence-corrected chi connectivity index (χ3v) is 3.57. The number of aromatic nitrogens is 2. The molecule has 0 bridgehead atoms. The molecule has 1 aromatic rings. The Labute approximate surface area is 109 Å². The number of aliphatic hydroxyl groups excluding tert-OH is 2. The van der Waals surface area contributed by atoms with Crippen molar-refractivity contribution in [2.24, 2.45) is 5.92 Å². The Balaban J connectivity index is 2.44. The molecule has 1 aliphatic heterocycles. The van der Waals surface area contributed by atoms with Crippen molar-refractivity contribution in [3.8, 4) is 0 Å². The van der Waals surface area contributed by atoms with E-state index in [9.17, 15) is 14.7 Å². The van der Waals surface area contributed by atoms with Crippen LogP contribution in [0.5, 0.6) is 0 Å². The zero-order valence-corrected chi connectivity index (χ0v) is 10.9. The monoisotopic (exact) mass is 270 g/mol. The summed E-state index contributed by atoms with van der Waals surface area (Å²) in [5.41, 5.74) is -0.628. The summed E-state index contributed by atoms with van der Waals surface area (Å²) in [4.78, 5) is 25.4. The van der Waals surface area contributed by atoms with Crippen molar-refractivity contribution in [3.63, 3.8) is 0 Å². The van der Waals surface area contributed by atoms with Crippen LogP contribution < -0.4 is 11.2 Å². The number of aliphatic hydroxyl groups is 2. The standard InChI is InChI=1S/C12H18N2O5/c1-3-7-9(16)8(5-15)19-11(7)14-4-6(2)10(17)13-12(14)18/h4,7-9,11,15-16H,3,5H2,1-2H3,(H,13,17,18)/t7-,8+,9-,11+/m0/s1. The molecule has 1 saturated heterocycles. The number of nitrogens with one attached hydrogen (secondary N) is 1. The van der Waals surface area contributed by atoms with Gasteiger partial charge < -0.3 is 14.9 Å². The van der Waals surface area contributed by atoms with Crippen LogP contribution in [-0.4, -0.2) is 38.6 Å². The molecule has 2 rings (SSSR count). The Hall–Kier alpha value is -1.44. The van der Waals surface area contributed by atoms with E-state index in [2.05, 4.69) is 4.98 Å². The average molecular weight is 270 g/mol. The van der Waals surface area contributed by atoms with Crippen LogP contribution >= 0.6 is 0 Å². The predicted octanol–water partition coefficient (Wildman–Crippen LogP) is -0.878. The van der Waals surface area contributed by atoms with E-state index in [1.54, 1.807) is 6.92 Å². The smallest absolute Gasteiger partial charge is 0.330 e. The highest BCUT2D eigenvalue weighted by atomic mass is 16.5. The molecule has 1 aliphatic rings. The summed E-state index contributed by atoms with van der Waals surface area (Å²) in [6.07, 6.45) is -0.220. The first-order valence-electron chi connectivity index (χ1n) is 6.26. The van der Waals surface area contributed by atoms with E-state index in [1.165, 1.54) is 10.8 Å². The van der Waals surface area contributed by atoms with Gasteiger partial charge in [0.05, 0.1) is 12.7 Å². The van der Waals surface area contributed by atoms with Gasteiger partial charge in [-0.25, -0.2) is 4.79 Å². The molecule has 1 aromatic heterocycles. The molecule has 0 aliphatic carbocycles. The minimum absolute atomic E-state index is 0.305. The first-order valence-corrected chi connectivity index (χ1v) is 6.26. The molecular formula is C12H18N2O5. The number of nitrogens with zero attached hydrogens (tertiary/aromatic N) is 1. The molecule has 0 amide bonds. The van der Waals surface area contributed by atoms with E-state index in [-0.39, 0.29) is 12.5 Å². The van der Waals surface area contributed by atoms with Gasteiger partial charge in [-0.15, -0.1) is 0 Å². The van der Waals surface area contributed by atoms with Crippen LogP contribution in [0.1, 0.15) is 25.1 Å². The molecule has 7 heteroatoms. The van der Waals surface area contributed by atoms with Gasteiger partial charge in [-0.2, -0.15) is 0 Å². The van der Waals surface area contributed by atoms with Gasteiger partial charge in [0.15, 0.2) is 0 Å². The summed E-state index contributed by atoms with van der Waals surface area (Å²) >= 11 is 0. The summed E-state index contributed by atoms with van der Waals surface area (Å²) in [6, 6.07) is 0. The van der Waals surface area contributed by atoms with Gasteiger partial charge in [-0.1, -0.05) is 6.92 Å². The first kappa shape index (κ1) is 14.0. The van der Waals surface area contributed by atoms with E-state index in [0.717, 1.165) is 0 Å². The molecule has 4 atom stereocenters. The lowest BCUT2D eigenvalue weighted by molar-refractivity contribution is -0.0482. The molecule has 0 unspecified atom stereocenters. The number of aromatic amines is 1. The Bertz CT molecular complexity index is 564. The van der Waals surface area contributed by atoms with Crippen molar-refractivity contribution in [1.29, 1.82) is 0 Å². The second kappa shape index (κ2) is 5.28. The maximum atomic E-state index is 11.8. The molecule has 7 nitrogen and oxygen atoms in total. The summed E-state index contributed by atoms with van der Waals surface area (Å²) in [6.45, 7) is 3.14. The highest BCUT2D eigenvalue weighted by Crippen LogP contribution is 2.35. The third kappa shape index (κ3) is 2.36. The summed E-state index contributed by atoms with van der Waals surface area (Å²) in [5.74, 6) is -0.305. The highest BCUT2D eigenvalue weighted by Gasteiger charge is 2.43. The molecular weight excluding hydrogens is 252 g/mol. The van der Waals surface area contributed by atoms with Crippen molar-refractivity contribution in [2.45, 2.75) is 38.7 Å². The third-order valence-electron chi connectivity index (χ3n) is 3.57. The summed E-state index contributed by atoms with van der Waals surface area (Å²) in [7, 11) is 0. The Morgan fingerprint density at radius 3 is 2.74 bits per heavy atom. The quantitative estimate of drug-likeness (QED) is 0.661. The number of aryl methyl sites for hydroxylation is 1. The zero-order valence-electron chi connectivity index (χ0n) is 10.9. The predicted molar refractivity (Wildman–Crippen MR) is 66.8 cm³/mol. The van der Waals surface area contributed by atoms with Gasteiger partial charge >= 0.3 is 5.69 Å². The van der Waals surface area contributed by atoms with Crippen LogP contribution in [0.3, 0.4) is 0 Å². The highest BCUT2D eigenvalue weighted by molar-refractivity contribution is 5.02. The van der Waals surface area contributed by atoms with Crippen LogP contribution in [0.15, 0.2) is 15.8 Å². The number of rotatable bonds is 3. The second-order valence-corrected chi connectivity index (χ2v) is 4.79. The van der Waals surface area contributed by atoms with Crippen LogP contribution in [0.25, 0.3) is 0 Å². The number of hydrogen-bond acceptors (Lipinski definition) is 5. The van der Waals surface area contributed by atoms with Gasteiger partial charge in [0.1, 0.15) is 12.3 Å². The second-order valence-electron chi connectivity index (χ2n) is 4.79. The average Bonchev–Trinajstić information content (AvgIpc) is 2.70. The minimum Gasteiger partial charge on any atom is -0.394 e. The van der Waals surface area contributed by atoms with E-state index < -0.39 is 29.7 Å². The maximum Gasteiger partial charge on any atom is 0.330 e. The Morgan fingerprint density at radius 2 is 2.16 bits per heavy atom. The van der Waals surface area contributed by atoms with Crippen LogP contribution in [0.2, 0.25) is 0 Å². The molecule has 3 N–H and O–H groups in total. The van der Waals surface area contributed by atoms with E-state index >= 15 is 0 Å². The lowest BCUT2D eigenvalue weighted by Crippen LogP contribution is -2.36. The number of hydrogen-bond donors (Lipinski definition) is 3. The van der Waals surface area contributed by atoms with Crippen LogP contribution in [0, 0.1) is 12.8 Å². The van der Waals surface area contributed by atoms with E-state index in [4.69, 9.17) is 9.84 Å². The van der Waals surface area contributed by atoms with Gasteiger partial charge in [0.2, 0.25) is 0 Å². The molecule has 0 saturated carbocycles. The van der Waals surface area contributed by atoms with Gasteiger partial charge in [-0.05, 0) is 13.3 Å². The van der Waals surface area contributed by atoms with Gasteiger partial charge in [-0.3, -0.25) is 14.3 Å². The lowest BCUT2D eigenvalue weighted by Gasteiger charge is -2.20. The normalized spacial score (nSPS) is 30.7. The fourth-order valence-electron chi connectivity index (χ4n) is 2.45. The van der Waals surface area contributed by atoms with Crippen molar-refractivity contribution in [2.75, 3.05) is 6.61 Å². The fraction of sp³-hybridized carbons (Fsp3) is 0.667. The molecule has 0 aromatic carbocycles. The molecule has 2 heterocycles. The molecule has 1 fully saturated rings. The van der Waals surface area contributed by atoms with Gasteiger partial charge in [0.25, 0.3) is 5.56 Å². The Kier molecular flexibility index (Phi) is 3.88. The lowest BCUT2D eigenvalue weighted by atomic mass is 9.97. The van der Waals surface area contributed by atoms with E-state index in [0.29, 0.717) is 12.0 Å². The number of ether oxygens (including phenoxy) is 1. The van der Waals surface area contributed by atoms with Crippen LogP contribution in [0.4, 0.5) is 0 Å². The molecule has 0 radical (unpaired) electrons.